The van der Waals surface area contributed by atoms with Gasteiger partial charge in [0.05, 0.1) is 17.5 Å². The summed E-state index contributed by atoms with van der Waals surface area (Å²) >= 11 is 6.43. The summed E-state index contributed by atoms with van der Waals surface area (Å²) in [5.41, 5.74) is 2.46. The van der Waals surface area contributed by atoms with E-state index in [9.17, 15) is 13.2 Å². The summed E-state index contributed by atoms with van der Waals surface area (Å²) in [6, 6.07) is 6.96. The zero-order valence-corrected chi connectivity index (χ0v) is 12.1. The molecule has 0 atom stereocenters. The van der Waals surface area contributed by atoms with Gasteiger partial charge in [-0.2, -0.15) is 29.6 Å². The number of alkyl halides is 3. The summed E-state index contributed by atoms with van der Waals surface area (Å²) in [4.78, 5) is 0. The van der Waals surface area contributed by atoms with Crippen molar-refractivity contribution in [2.24, 2.45) is 5.10 Å². The third-order valence-corrected chi connectivity index (χ3v) is 3.30. The van der Waals surface area contributed by atoms with E-state index >= 15 is 0 Å². The van der Waals surface area contributed by atoms with Crippen LogP contribution in [0.2, 0.25) is 0 Å². The van der Waals surface area contributed by atoms with Crippen molar-refractivity contribution >= 4 is 40.6 Å². The van der Waals surface area contributed by atoms with Crippen LogP contribution < -0.4 is 10.7 Å². The van der Waals surface area contributed by atoms with Crippen molar-refractivity contribution in [3.8, 4) is 0 Å². The average molecular weight is 329 g/mol. The SMILES string of the molecule is FC(F)(F)c1ccccc1NC(=S)N/N=C\c1ccsc1. The molecule has 0 spiro atoms. The minimum atomic E-state index is -4.45. The summed E-state index contributed by atoms with van der Waals surface area (Å²) in [7, 11) is 0. The summed E-state index contributed by atoms with van der Waals surface area (Å²) in [5.74, 6) is 0. The number of hydrogen-bond donors (Lipinski definition) is 2. The minimum absolute atomic E-state index is 0.0156. The van der Waals surface area contributed by atoms with Crippen LogP contribution in [0.5, 0.6) is 0 Å². The molecule has 0 fully saturated rings. The third-order valence-electron chi connectivity index (χ3n) is 2.40. The van der Waals surface area contributed by atoms with Crippen LogP contribution in [0.25, 0.3) is 0 Å². The number of para-hydroxylation sites is 1. The van der Waals surface area contributed by atoms with Gasteiger partial charge in [0.1, 0.15) is 0 Å². The van der Waals surface area contributed by atoms with Crippen LogP contribution in [0.3, 0.4) is 0 Å². The maximum absolute atomic E-state index is 12.8. The molecule has 0 saturated carbocycles. The molecule has 2 aromatic rings. The fourth-order valence-corrected chi connectivity index (χ4v) is 2.28. The van der Waals surface area contributed by atoms with E-state index in [4.69, 9.17) is 12.2 Å². The normalized spacial score (nSPS) is 11.6. The molecule has 21 heavy (non-hydrogen) atoms. The number of thiocarbonyl (C=S) groups is 1. The summed E-state index contributed by atoms with van der Waals surface area (Å²) in [6.07, 6.45) is -2.92. The molecule has 0 bridgehead atoms. The molecule has 8 heteroatoms. The van der Waals surface area contributed by atoms with Gasteiger partial charge >= 0.3 is 6.18 Å². The van der Waals surface area contributed by atoms with Gasteiger partial charge in [-0.15, -0.1) is 0 Å². The number of nitrogens with zero attached hydrogens (tertiary/aromatic N) is 1. The number of hydrogen-bond acceptors (Lipinski definition) is 3. The zero-order valence-electron chi connectivity index (χ0n) is 10.5. The van der Waals surface area contributed by atoms with Gasteiger partial charge < -0.3 is 5.32 Å². The molecule has 0 amide bonds. The van der Waals surface area contributed by atoms with Crippen molar-refractivity contribution in [3.63, 3.8) is 0 Å². The van der Waals surface area contributed by atoms with Gasteiger partial charge in [-0.3, -0.25) is 5.43 Å². The lowest BCUT2D eigenvalue weighted by Gasteiger charge is -2.14. The van der Waals surface area contributed by atoms with Gasteiger partial charge in [-0.25, -0.2) is 0 Å². The van der Waals surface area contributed by atoms with Gasteiger partial charge in [-0.05, 0) is 41.2 Å². The van der Waals surface area contributed by atoms with Gasteiger partial charge in [-0.1, -0.05) is 12.1 Å². The Labute approximate surface area is 128 Å². The second-order valence-electron chi connectivity index (χ2n) is 3.92. The van der Waals surface area contributed by atoms with E-state index in [-0.39, 0.29) is 10.8 Å². The Hall–Kier alpha value is -1.93. The smallest absolute Gasteiger partial charge is 0.331 e. The molecule has 0 unspecified atom stereocenters. The molecule has 0 radical (unpaired) electrons. The van der Waals surface area contributed by atoms with Crippen LogP contribution in [0.15, 0.2) is 46.2 Å². The Morgan fingerprint density at radius 3 is 2.67 bits per heavy atom. The van der Waals surface area contributed by atoms with Crippen molar-refractivity contribution in [2.75, 3.05) is 5.32 Å². The Kier molecular flexibility index (Phi) is 4.92. The number of nitrogens with one attached hydrogen (secondary N) is 2. The van der Waals surface area contributed by atoms with E-state index in [0.29, 0.717) is 0 Å². The molecule has 0 aliphatic carbocycles. The molecule has 1 aromatic carbocycles. The molecule has 2 N–H and O–H groups in total. The van der Waals surface area contributed by atoms with E-state index in [1.807, 2.05) is 16.8 Å². The van der Waals surface area contributed by atoms with E-state index in [1.165, 1.54) is 35.8 Å². The van der Waals surface area contributed by atoms with Crippen LogP contribution in [-0.2, 0) is 6.18 Å². The summed E-state index contributed by atoms with van der Waals surface area (Å²) < 4.78 is 38.4. The summed E-state index contributed by atoms with van der Waals surface area (Å²) in [5, 5.41) is 10.1. The first-order valence-corrected chi connectivity index (χ1v) is 7.10. The second-order valence-corrected chi connectivity index (χ2v) is 5.11. The topological polar surface area (TPSA) is 36.4 Å². The van der Waals surface area contributed by atoms with Gasteiger partial charge in [0.25, 0.3) is 0 Å². The minimum Gasteiger partial charge on any atom is -0.331 e. The van der Waals surface area contributed by atoms with Gasteiger partial charge in [0.2, 0.25) is 0 Å². The quantitative estimate of drug-likeness (QED) is 0.506. The standard InChI is InChI=1S/C13H10F3N3S2/c14-13(15,16)10-3-1-2-4-11(10)18-12(20)19-17-7-9-5-6-21-8-9/h1-8H,(H2,18,19,20)/b17-7-. The molecular formula is C13H10F3N3S2. The average Bonchev–Trinajstić information content (AvgIpc) is 2.91. The lowest BCUT2D eigenvalue weighted by molar-refractivity contribution is -0.136. The van der Waals surface area contributed by atoms with Gasteiger partial charge in [0, 0.05) is 5.56 Å². The monoisotopic (exact) mass is 329 g/mol. The molecular weight excluding hydrogens is 319 g/mol. The lowest BCUT2D eigenvalue weighted by atomic mass is 10.2. The first kappa shape index (κ1) is 15.5. The van der Waals surface area contributed by atoms with Crippen molar-refractivity contribution in [1.82, 2.24) is 5.43 Å². The van der Waals surface area contributed by atoms with Crippen molar-refractivity contribution < 1.29 is 13.2 Å². The van der Waals surface area contributed by atoms with E-state index in [0.717, 1.165) is 11.6 Å². The highest BCUT2D eigenvalue weighted by Crippen LogP contribution is 2.34. The van der Waals surface area contributed by atoms with Crippen molar-refractivity contribution in [3.05, 3.63) is 52.2 Å². The second kappa shape index (κ2) is 6.68. The molecule has 0 aliphatic heterocycles. The molecule has 1 heterocycles. The van der Waals surface area contributed by atoms with Crippen LogP contribution in [0.4, 0.5) is 18.9 Å². The maximum atomic E-state index is 12.8. The van der Waals surface area contributed by atoms with Gasteiger partial charge in [0.15, 0.2) is 5.11 Å². The number of hydrazone groups is 1. The summed E-state index contributed by atoms with van der Waals surface area (Å²) in [6.45, 7) is 0. The molecule has 3 nitrogen and oxygen atoms in total. The van der Waals surface area contributed by atoms with Crippen LogP contribution in [0, 0.1) is 0 Å². The Bertz CT molecular complexity index is 636. The fraction of sp³-hybridized carbons (Fsp3) is 0.0769. The Morgan fingerprint density at radius 2 is 2.00 bits per heavy atom. The maximum Gasteiger partial charge on any atom is 0.418 e. The Morgan fingerprint density at radius 1 is 1.24 bits per heavy atom. The first-order valence-electron chi connectivity index (χ1n) is 5.75. The molecule has 0 aliphatic rings. The molecule has 110 valence electrons. The molecule has 1 aromatic heterocycles. The molecule has 0 saturated heterocycles. The number of benzene rings is 1. The third kappa shape index (κ3) is 4.54. The number of halogens is 3. The first-order chi connectivity index (χ1) is 9.97. The largest absolute Gasteiger partial charge is 0.418 e. The van der Waals surface area contributed by atoms with E-state index < -0.39 is 11.7 Å². The number of anilines is 1. The number of rotatable bonds is 3. The highest BCUT2D eigenvalue weighted by Gasteiger charge is 2.33. The van der Waals surface area contributed by atoms with E-state index in [1.54, 1.807) is 0 Å². The fourth-order valence-electron chi connectivity index (χ4n) is 1.50. The predicted molar refractivity (Wildman–Crippen MR) is 82.7 cm³/mol. The van der Waals surface area contributed by atoms with Crippen LogP contribution in [-0.4, -0.2) is 11.3 Å². The number of thiophene rings is 1. The Balaban J connectivity index is 2.00. The zero-order chi connectivity index (χ0) is 15.3. The molecule has 2 rings (SSSR count). The van der Waals surface area contributed by atoms with Crippen LogP contribution >= 0.6 is 23.6 Å². The highest BCUT2D eigenvalue weighted by atomic mass is 32.1. The van der Waals surface area contributed by atoms with Crippen molar-refractivity contribution in [2.45, 2.75) is 6.18 Å². The highest BCUT2D eigenvalue weighted by molar-refractivity contribution is 7.80. The predicted octanol–water partition coefficient (Wildman–Crippen LogP) is 4.09. The van der Waals surface area contributed by atoms with Crippen molar-refractivity contribution in [1.29, 1.82) is 0 Å². The lowest BCUT2D eigenvalue weighted by Crippen LogP contribution is -2.25. The van der Waals surface area contributed by atoms with Crippen LogP contribution in [0.1, 0.15) is 11.1 Å². The van der Waals surface area contributed by atoms with E-state index in [2.05, 4.69) is 15.8 Å².